The average Bonchev–Trinajstić information content (AvgIpc) is 2.79. The minimum Gasteiger partial charge on any atom is -0.425 e. The molecule has 0 bridgehead atoms. The van der Waals surface area contributed by atoms with Crippen LogP contribution in [-0.2, 0) is 0 Å². The number of anilines is 2. The summed E-state index contributed by atoms with van der Waals surface area (Å²) in [7, 11) is 0. The van der Waals surface area contributed by atoms with E-state index >= 15 is 0 Å². The Balaban J connectivity index is 1.88. The lowest BCUT2D eigenvalue weighted by Gasteiger charge is -2.21. The summed E-state index contributed by atoms with van der Waals surface area (Å²) in [5, 5.41) is 11.4. The Hall–Kier alpha value is -4.21. The van der Waals surface area contributed by atoms with Crippen molar-refractivity contribution in [2.75, 3.05) is 11.1 Å². The number of hydrogen-bond acceptors (Lipinski definition) is 7. The first-order valence-corrected chi connectivity index (χ1v) is 9.82. The van der Waals surface area contributed by atoms with Gasteiger partial charge in [0.25, 0.3) is 0 Å². The molecule has 2 aromatic carbocycles. The highest BCUT2D eigenvalue weighted by molar-refractivity contribution is 6.09. The number of nitrogens with zero attached hydrogens (tertiary/aromatic N) is 2. The monoisotopic (exact) mass is 453 g/mol. The minimum absolute atomic E-state index is 0.201. The van der Waals surface area contributed by atoms with Crippen LogP contribution in [0.3, 0.4) is 0 Å². The van der Waals surface area contributed by atoms with E-state index in [0.717, 1.165) is 11.9 Å². The standard InChI is InChI=1S/C23H18F3N5O2/c1-12(31-21-17(19(27)23(24,25)26)20(28)29-11-30-21)18-16(13-7-3-2-4-8-13)14-9-5-6-10-15(14)22(32)33-18/h2-12,27H,1H3,(H3,28,29,30,31). The van der Waals surface area contributed by atoms with E-state index < -0.39 is 34.9 Å². The lowest BCUT2D eigenvalue weighted by Crippen LogP contribution is -2.26. The highest BCUT2D eigenvalue weighted by atomic mass is 19.4. The molecule has 0 aliphatic rings. The lowest BCUT2D eigenvalue weighted by molar-refractivity contribution is -0.0587. The summed E-state index contributed by atoms with van der Waals surface area (Å²) in [5.74, 6) is -0.594. The first-order chi connectivity index (χ1) is 15.7. The van der Waals surface area contributed by atoms with Crippen LogP contribution in [-0.4, -0.2) is 21.9 Å². The highest BCUT2D eigenvalue weighted by Gasteiger charge is 2.39. The van der Waals surface area contributed by atoms with Gasteiger partial charge in [0.15, 0.2) is 5.71 Å². The number of alkyl halides is 3. The molecule has 0 fully saturated rings. The maximum Gasteiger partial charge on any atom is 0.433 e. The number of rotatable bonds is 5. The maximum atomic E-state index is 13.2. The van der Waals surface area contributed by atoms with Crippen molar-refractivity contribution in [3.8, 4) is 11.1 Å². The molecule has 2 aromatic heterocycles. The molecular weight excluding hydrogens is 435 g/mol. The molecule has 0 spiro atoms. The molecule has 0 radical (unpaired) electrons. The van der Waals surface area contributed by atoms with Crippen molar-refractivity contribution >= 4 is 28.1 Å². The van der Waals surface area contributed by atoms with Crippen molar-refractivity contribution in [3.05, 3.63) is 82.7 Å². The Morgan fingerprint density at radius 2 is 1.70 bits per heavy atom. The molecule has 7 nitrogen and oxygen atoms in total. The second-order valence-electron chi connectivity index (χ2n) is 7.26. The van der Waals surface area contributed by atoms with E-state index in [4.69, 9.17) is 15.6 Å². The van der Waals surface area contributed by atoms with Crippen LogP contribution in [0.2, 0.25) is 0 Å². The van der Waals surface area contributed by atoms with Gasteiger partial charge in [-0.15, -0.1) is 0 Å². The number of fused-ring (bicyclic) bond motifs is 1. The van der Waals surface area contributed by atoms with Crippen LogP contribution < -0.4 is 16.7 Å². The molecule has 0 saturated carbocycles. The zero-order chi connectivity index (χ0) is 23.8. The van der Waals surface area contributed by atoms with Gasteiger partial charge in [0, 0.05) is 10.9 Å². The number of aromatic nitrogens is 2. The Labute approximate surface area is 185 Å². The van der Waals surface area contributed by atoms with E-state index in [1.165, 1.54) is 0 Å². The van der Waals surface area contributed by atoms with Crippen LogP contribution in [0, 0.1) is 5.41 Å². The van der Waals surface area contributed by atoms with E-state index in [9.17, 15) is 18.0 Å². The first kappa shape index (κ1) is 22.0. The smallest absolute Gasteiger partial charge is 0.425 e. The highest BCUT2D eigenvalue weighted by Crippen LogP contribution is 2.36. The van der Waals surface area contributed by atoms with Crippen molar-refractivity contribution in [3.63, 3.8) is 0 Å². The number of benzene rings is 2. The van der Waals surface area contributed by atoms with Crippen LogP contribution >= 0.6 is 0 Å². The third-order valence-corrected chi connectivity index (χ3v) is 5.08. The fraction of sp³-hybridized carbons (Fsp3) is 0.130. The topological polar surface area (TPSA) is 118 Å². The third kappa shape index (κ3) is 4.14. The molecule has 2 heterocycles. The van der Waals surface area contributed by atoms with Gasteiger partial charge in [0.05, 0.1) is 17.0 Å². The van der Waals surface area contributed by atoms with Gasteiger partial charge in [0.2, 0.25) is 0 Å². The Morgan fingerprint density at radius 3 is 2.36 bits per heavy atom. The van der Waals surface area contributed by atoms with Crippen molar-refractivity contribution in [2.45, 2.75) is 19.1 Å². The molecule has 4 aromatic rings. The predicted molar refractivity (Wildman–Crippen MR) is 119 cm³/mol. The zero-order valence-corrected chi connectivity index (χ0v) is 17.3. The molecule has 10 heteroatoms. The minimum atomic E-state index is -4.96. The van der Waals surface area contributed by atoms with E-state index in [1.807, 2.05) is 30.3 Å². The maximum absolute atomic E-state index is 13.2. The Bertz CT molecular complexity index is 1400. The van der Waals surface area contributed by atoms with Crippen molar-refractivity contribution < 1.29 is 17.6 Å². The number of nitrogens with two attached hydrogens (primary N) is 1. The molecule has 1 unspecified atom stereocenters. The normalized spacial score (nSPS) is 12.5. The van der Waals surface area contributed by atoms with Gasteiger partial charge in [-0.1, -0.05) is 48.5 Å². The summed E-state index contributed by atoms with van der Waals surface area (Å²) in [6, 6.07) is 15.3. The fourth-order valence-electron chi connectivity index (χ4n) is 3.59. The van der Waals surface area contributed by atoms with Gasteiger partial charge >= 0.3 is 11.8 Å². The predicted octanol–water partition coefficient (Wildman–Crippen LogP) is 4.94. The van der Waals surface area contributed by atoms with E-state index in [-0.39, 0.29) is 11.6 Å². The number of hydrogen-bond donors (Lipinski definition) is 3. The molecular formula is C23H18F3N5O2. The molecule has 4 rings (SSSR count). The van der Waals surface area contributed by atoms with Gasteiger partial charge in [-0.05, 0) is 18.6 Å². The van der Waals surface area contributed by atoms with E-state index in [1.54, 1.807) is 31.2 Å². The fourth-order valence-corrected chi connectivity index (χ4v) is 3.59. The summed E-state index contributed by atoms with van der Waals surface area (Å²) in [5.41, 5.74) is 4.07. The van der Waals surface area contributed by atoms with Crippen LogP contribution in [0.4, 0.5) is 24.8 Å². The Morgan fingerprint density at radius 1 is 1.06 bits per heavy atom. The number of halogens is 3. The quantitative estimate of drug-likeness (QED) is 0.369. The van der Waals surface area contributed by atoms with Crippen LogP contribution in [0.25, 0.3) is 21.9 Å². The van der Waals surface area contributed by atoms with Crippen LogP contribution in [0.5, 0.6) is 0 Å². The average molecular weight is 453 g/mol. The van der Waals surface area contributed by atoms with Crippen molar-refractivity contribution in [1.29, 1.82) is 5.41 Å². The van der Waals surface area contributed by atoms with Gasteiger partial charge in [-0.2, -0.15) is 13.2 Å². The van der Waals surface area contributed by atoms with E-state index in [0.29, 0.717) is 16.3 Å². The van der Waals surface area contributed by atoms with Gasteiger partial charge in [-0.3, -0.25) is 5.41 Å². The Kier molecular flexibility index (Phi) is 5.59. The van der Waals surface area contributed by atoms with Gasteiger partial charge < -0.3 is 15.5 Å². The molecule has 0 amide bonds. The summed E-state index contributed by atoms with van der Waals surface area (Å²) < 4.78 is 45.4. The van der Waals surface area contributed by atoms with Crippen molar-refractivity contribution in [2.24, 2.45) is 0 Å². The molecule has 168 valence electrons. The van der Waals surface area contributed by atoms with E-state index in [2.05, 4.69) is 15.3 Å². The number of nitrogen functional groups attached to an aromatic ring is 1. The summed E-state index contributed by atoms with van der Waals surface area (Å²) >= 11 is 0. The largest absolute Gasteiger partial charge is 0.433 e. The van der Waals surface area contributed by atoms with Crippen LogP contribution in [0.15, 0.2) is 70.1 Å². The second kappa shape index (κ2) is 8.38. The van der Waals surface area contributed by atoms with Gasteiger partial charge in [0.1, 0.15) is 23.7 Å². The molecule has 0 aliphatic heterocycles. The molecule has 0 aliphatic carbocycles. The second-order valence-corrected chi connectivity index (χ2v) is 7.26. The lowest BCUT2D eigenvalue weighted by atomic mass is 9.96. The van der Waals surface area contributed by atoms with Crippen molar-refractivity contribution in [1.82, 2.24) is 9.97 Å². The first-order valence-electron chi connectivity index (χ1n) is 9.82. The molecule has 4 N–H and O–H groups in total. The zero-order valence-electron chi connectivity index (χ0n) is 17.3. The summed E-state index contributed by atoms with van der Waals surface area (Å²) in [6.07, 6.45) is -3.96. The molecule has 33 heavy (non-hydrogen) atoms. The van der Waals surface area contributed by atoms with Gasteiger partial charge in [-0.25, -0.2) is 14.8 Å². The van der Waals surface area contributed by atoms with Crippen LogP contribution in [0.1, 0.15) is 24.3 Å². The summed E-state index contributed by atoms with van der Waals surface area (Å²) in [6.45, 7) is 1.61. The SMILES string of the molecule is CC(Nc1ncnc(N)c1C(=N)C(F)(F)F)c1oc(=O)c2ccccc2c1-c1ccccc1. The molecule has 0 saturated heterocycles. The third-order valence-electron chi connectivity index (χ3n) is 5.08. The number of nitrogens with one attached hydrogen (secondary N) is 2. The molecule has 1 atom stereocenters. The summed E-state index contributed by atoms with van der Waals surface area (Å²) in [4.78, 5) is 20.1.